The fourth-order valence-corrected chi connectivity index (χ4v) is 1.99. The molecule has 2 unspecified atom stereocenters. The van der Waals surface area contributed by atoms with Gasteiger partial charge in [-0.25, -0.2) is 4.39 Å². The van der Waals surface area contributed by atoms with Crippen LogP contribution in [0.3, 0.4) is 0 Å². The van der Waals surface area contributed by atoms with E-state index in [9.17, 15) is 13.9 Å². The van der Waals surface area contributed by atoms with Gasteiger partial charge >= 0.3 is 0 Å². The predicted octanol–water partition coefficient (Wildman–Crippen LogP) is 2.30. The summed E-state index contributed by atoms with van der Waals surface area (Å²) in [4.78, 5) is 0. The summed E-state index contributed by atoms with van der Waals surface area (Å²) in [5.41, 5.74) is -0.0636. The van der Waals surface area contributed by atoms with Crippen LogP contribution < -0.4 is 0 Å². The fourth-order valence-electron chi connectivity index (χ4n) is 1.99. The number of hydrogen-bond donors (Lipinski definition) is 2. The van der Waals surface area contributed by atoms with Gasteiger partial charge in [0.25, 0.3) is 5.85 Å². The number of nitrogens with zero attached hydrogens (tertiary/aromatic N) is 2. The van der Waals surface area contributed by atoms with E-state index in [1.807, 2.05) is 6.07 Å². The van der Waals surface area contributed by atoms with E-state index in [1.54, 1.807) is 6.07 Å². The van der Waals surface area contributed by atoms with E-state index in [0.29, 0.717) is 6.08 Å². The summed E-state index contributed by atoms with van der Waals surface area (Å²) in [6.07, 6.45) is 2.48. The van der Waals surface area contributed by atoms with E-state index in [4.69, 9.17) is 15.6 Å². The van der Waals surface area contributed by atoms with Crippen molar-refractivity contribution in [3.63, 3.8) is 0 Å². The van der Waals surface area contributed by atoms with Gasteiger partial charge in [0.15, 0.2) is 5.83 Å². The first kappa shape index (κ1) is 13.7. The molecule has 1 aromatic carbocycles. The van der Waals surface area contributed by atoms with Crippen LogP contribution in [0.15, 0.2) is 36.2 Å². The van der Waals surface area contributed by atoms with E-state index in [2.05, 4.69) is 0 Å². The number of phenolic OH excluding ortho intramolecular Hbond substituents is 1. The summed E-state index contributed by atoms with van der Waals surface area (Å²) in [7, 11) is 0. The first-order valence-corrected chi connectivity index (χ1v) is 5.55. The first-order chi connectivity index (χ1) is 9.40. The van der Waals surface area contributed by atoms with E-state index >= 15 is 0 Å². The summed E-state index contributed by atoms with van der Waals surface area (Å²) in [5.74, 6) is -5.90. The topological polar surface area (TPSA) is 88.0 Å². The normalized spacial score (nSPS) is 24.6. The molecule has 1 aliphatic rings. The van der Waals surface area contributed by atoms with E-state index in [0.717, 1.165) is 12.2 Å². The molecule has 4 nitrogen and oxygen atoms in total. The van der Waals surface area contributed by atoms with Crippen LogP contribution in [0.4, 0.5) is 8.78 Å². The van der Waals surface area contributed by atoms with E-state index in [-0.39, 0.29) is 22.4 Å². The average molecular weight is 274 g/mol. The molecule has 0 heterocycles. The molecule has 20 heavy (non-hydrogen) atoms. The van der Waals surface area contributed by atoms with Gasteiger partial charge in [0.1, 0.15) is 11.8 Å². The van der Waals surface area contributed by atoms with Crippen molar-refractivity contribution in [1.82, 2.24) is 0 Å². The molecule has 0 saturated carbocycles. The van der Waals surface area contributed by atoms with Crippen LogP contribution in [0.1, 0.15) is 22.6 Å². The highest BCUT2D eigenvalue weighted by molar-refractivity contribution is 5.59. The molecule has 2 N–H and O–H groups in total. The maximum atomic E-state index is 13.4. The Morgan fingerprint density at radius 3 is 2.50 bits per heavy atom. The molecule has 0 radical (unpaired) electrons. The Labute approximate surface area is 113 Å². The second kappa shape index (κ2) is 4.76. The van der Waals surface area contributed by atoms with Crippen molar-refractivity contribution in [2.75, 3.05) is 0 Å². The summed E-state index contributed by atoms with van der Waals surface area (Å²) in [6, 6.07) is 6.01. The van der Waals surface area contributed by atoms with Gasteiger partial charge in [-0.3, -0.25) is 0 Å². The summed E-state index contributed by atoms with van der Waals surface area (Å²) < 4.78 is 26.7. The largest absolute Gasteiger partial charge is 0.507 e. The molecule has 0 spiro atoms. The maximum Gasteiger partial charge on any atom is 0.278 e. The summed E-state index contributed by atoms with van der Waals surface area (Å²) >= 11 is 0. The number of alkyl halides is 1. The van der Waals surface area contributed by atoms with Gasteiger partial charge in [0.2, 0.25) is 0 Å². The molecule has 2 rings (SSSR count). The summed E-state index contributed by atoms with van der Waals surface area (Å²) in [5, 5.41) is 36.7. The van der Waals surface area contributed by atoms with Crippen LogP contribution in [0, 0.1) is 22.7 Å². The third kappa shape index (κ3) is 2.13. The molecule has 0 amide bonds. The third-order valence-corrected chi connectivity index (χ3v) is 2.97. The van der Waals surface area contributed by atoms with Gasteiger partial charge in [-0.15, -0.1) is 0 Å². The standard InChI is InChI=1S/C14H8F2N2O2/c15-12-5-8(3-4-14(12,16)20)13-9(6-17)1-2-11(19)10(13)7-18/h1-5,8,19-20H. The van der Waals surface area contributed by atoms with Crippen molar-refractivity contribution < 1.29 is 19.0 Å². The van der Waals surface area contributed by atoms with Crippen LogP contribution in [0.5, 0.6) is 5.75 Å². The van der Waals surface area contributed by atoms with Gasteiger partial charge in [-0.05, 0) is 24.3 Å². The molecule has 0 aromatic heterocycles. The number of phenols is 1. The van der Waals surface area contributed by atoms with Crippen LogP contribution in [-0.2, 0) is 0 Å². The Morgan fingerprint density at radius 2 is 1.95 bits per heavy atom. The number of aromatic hydroxyl groups is 1. The monoisotopic (exact) mass is 274 g/mol. The highest BCUT2D eigenvalue weighted by Crippen LogP contribution is 2.37. The highest BCUT2D eigenvalue weighted by atomic mass is 19.2. The molecule has 6 heteroatoms. The lowest BCUT2D eigenvalue weighted by Crippen LogP contribution is -2.23. The van der Waals surface area contributed by atoms with Crippen LogP contribution >= 0.6 is 0 Å². The van der Waals surface area contributed by atoms with Crippen molar-refractivity contribution in [2.45, 2.75) is 11.8 Å². The fraction of sp³-hybridized carbons (Fsp3) is 0.143. The third-order valence-electron chi connectivity index (χ3n) is 2.97. The number of benzene rings is 1. The Kier molecular flexibility index (Phi) is 3.27. The highest BCUT2D eigenvalue weighted by Gasteiger charge is 2.34. The van der Waals surface area contributed by atoms with Crippen LogP contribution in [0.2, 0.25) is 0 Å². The maximum absolute atomic E-state index is 13.4. The molecule has 2 atom stereocenters. The van der Waals surface area contributed by atoms with Crippen molar-refractivity contribution >= 4 is 0 Å². The molecule has 0 aliphatic heterocycles. The minimum atomic E-state index is -3.19. The Hall–Kier alpha value is -2.70. The number of halogens is 2. The van der Waals surface area contributed by atoms with Crippen molar-refractivity contribution in [1.29, 1.82) is 10.5 Å². The summed E-state index contributed by atoms with van der Waals surface area (Å²) in [6.45, 7) is 0. The van der Waals surface area contributed by atoms with Crippen molar-refractivity contribution in [3.05, 3.63) is 52.9 Å². The minimum absolute atomic E-state index is 0.0577. The number of allylic oxidation sites excluding steroid dienone is 2. The van der Waals surface area contributed by atoms with Gasteiger partial charge in [0, 0.05) is 11.5 Å². The molecule has 1 aliphatic carbocycles. The Bertz CT molecular complexity index is 709. The van der Waals surface area contributed by atoms with Gasteiger partial charge in [0.05, 0.1) is 17.2 Å². The molecular formula is C14H8F2N2O2. The van der Waals surface area contributed by atoms with Crippen molar-refractivity contribution in [2.24, 2.45) is 0 Å². The predicted molar refractivity (Wildman–Crippen MR) is 64.7 cm³/mol. The average Bonchev–Trinajstić information content (AvgIpc) is 2.41. The number of aliphatic hydroxyl groups is 1. The Morgan fingerprint density at radius 1 is 1.25 bits per heavy atom. The first-order valence-electron chi connectivity index (χ1n) is 5.55. The zero-order chi connectivity index (χ0) is 14.9. The smallest absolute Gasteiger partial charge is 0.278 e. The molecule has 0 saturated heterocycles. The lowest BCUT2D eigenvalue weighted by atomic mass is 9.86. The van der Waals surface area contributed by atoms with Crippen molar-refractivity contribution in [3.8, 4) is 17.9 Å². The van der Waals surface area contributed by atoms with E-state index < -0.39 is 17.6 Å². The molecule has 0 fully saturated rings. The second-order valence-electron chi connectivity index (χ2n) is 4.22. The molecule has 0 bridgehead atoms. The SMILES string of the molecule is N#Cc1ccc(O)c(C#N)c1C1C=CC(O)(F)C(F)=C1. The molecule has 1 aromatic rings. The van der Waals surface area contributed by atoms with Gasteiger partial charge in [-0.1, -0.05) is 6.08 Å². The zero-order valence-corrected chi connectivity index (χ0v) is 10.0. The molecular weight excluding hydrogens is 266 g/mol. The van der Waals surface area contributed by atoms with Crippen LogP contribution in [0.25, 0.3) is 0 Å². The van der Waals surface area contributed by atoms with Crippen LogP contribution in [-0.4, -0.2) is 16.1 Å². The Balaban J connectivity index is 2.64. The lowest BCUT2D eigenvalue weighted by molar-refractivity contribution is -0.0262. The second-order valence-corrected chi connectivity index (χ2v) is 4.22. The van der Waals surface area contributed by atoms with Gasteiger partial charge in [-0.2, -0.15) is 14.9 Å². The lowest BCUT2D eigenvalue weighted by Gasteiger charge is -2.21. The zero-order valence-electron chi connectivity index (χ0n) is 10.0. The molecule has 100 valence electrons. The van der Waals surface area contributed by atoms with Gasteiger partial charge < -0.3 is 10.2 Å². The minimum Gasteiger partial charge on any atom is -0.507 e. The number of nitriles is 2. The van der Waals surface area contributed by atoms with E-state index in [1.165, 1.54) is 12.1 Å². The quantitative estimate of drug-likeness (QED) is 0.769. The number of hydrogen-bond acceptors (Lipinski definition) is 4. The number of rotatable bonds is 1.